The van der Waals surface area contributed by atoms with Gasteiger partial charge in [-0.05, 0) is 25.3 Å². The fourth-order valence-electron chi connectivity index (χ4n) is 1.35. The molecule has 1 heterocycles. The van der Waals surface area contributed by atoms with Crippen LogP contribution in [0.4, 0.5) is 0 Å². The van der Waals surface area contributed by atoms with Gasteiger partial charge in [-0.15, -0.1) is 0 Å². The fraction of sp³-hybridized carbons (Fsp3) is 1.00. The Hall–Kier alpha value is -0.0800. The monoisotopic (exact) mass is 157 g/mol. The van der Waals surface area contributed by atoms with Crippen molar-refractivity contribution in [3.63, 3.8) is 0 Å². The zero-order valence-electron chi connectivity index (χ0n) is 7.60. The maximum atomic E-state index is 5.28. The second-order valence-corrected chi connectivity index (χ2v) is 3.62. The van der Waals surface area contributed by atoms with Gasteiger partial charge in [-0.1, -0.05) is 13.8 Å². The third kappa shape index (κ3) is 3.73. The molecule has 0 aromatic carbocycles. The molecule has 0 atom stereocenters. The third-order valence-electron chi connectivity index (χ3n) is 2.16. The van der Waals surface area contributed by atoms with E-state index in [0.717, 1.165) is 19.1 Å². The molecule has 1 N–H and O–H groups in total. The highest BCUT2D eigenvalue weighted by Crippen LogP contribution is 2.13. The zero-order chi connectivity index (χ0) is 8.10. The van der Waals surface area contributed by atoms with Gasteiger partial charge in [0.25, 0.3) is 0 Å². The van der Waals surface area contributed by atoms with Crippen LogP contribution in [0.15, 0.2) is 0 Å². The van der Waals surface area contributed by atoms with E-state index in [0.29, 0.717) is 6.04 Å². The second kappa shape index (κ2) is 4.73. The highest BCUT2D eigenvalue weighted by atomic mass is 16.5. The van der Waals surface area contributed by atoms with Crippen molar-refractivity contribution in [2.45, 2.75) is 32.7 Å². The van der Waals surface area contributed by atoms with Crippen LogP contribution in [0.25, 0.3) is 0 Å². The highest BCUT2D eigenvalue weighted by molar-refractivity contribution is 4.67. The molecule has 1 aliphatic heterocycles. The quantitative estimate of drug-likeness (QED) is 0.669. The molecule has 2 heteroatoms. The van der Waals surface area contributed by atoms with Gasteiger partial charge in [0, 0.05) is 19.3 Å². The summed E-state index contributed by atoms with van der Waals surface area (Å²) >= 11 is 0. The van der Waals surface area contributed by atoms with Crippen LogP contribution in [0.2, 0.25) is 0 Å². The third-order valence-corrected chi connectivity index (χ3v) is 2.16. The topological polar surface area (TPSA) is 21.3 Å². The molecule has 2 nitrogen and oxygen atoms in total. The summed E-state index contributed by atoms with van der Waals surface area (Å²) in [5, 5.41) is 3.46. The van der Waals surface area contributed by atoms with Crippen molar-refractivity contribution in [1.82, 2.24) is 5.32 Å². The predicted octanol–water partition coefficient (Wildman–Crippen LogP) is 1.41. The Morgan fingerprint density at radius 3 is 2.55 bits per heavy atom. The molecule has 0 spiro atoms. The minimum atomic E-state index is 0.623. The normalized spacial score (nSPS) is 21.0. The minimum absolute atomic E-state index is 0.623. The first-order valence-corrected chi connectivity index (χ1v) is 4.60. The molecular weight excluding hydrogens is 138 g/mol. The molecule has 1 rings (SSSR count). The van der Waals surface area contributed by atoms with Crippen LogP contribution >= 0.6 is 0 Å². The smallest absolute Gasteiger partial charge is 0.0469 e. The van der Waals surface area contributed by atoms with Crippen LogP contribution in [0.1, 0.15) is 26.7 Å². The van der Waals surface area contributed by atoms with Crippen LogP contribution in [0, 0.1) is 5.92 Å². The van der Waals surface area contributed by atoms with Crippen LogP contribution in [0.5, 0.6) is 0 Å². The van der Waals surface area contributed by atoms with Crippen LogP contribution < -0.4 is 5.32 Å². The lowest BCUT2D eigenvalue weighted by molar-refractivity contribution is 0.0658. The Bertz CT molecular complexity index is 97.7. The summed E-state index contributed by atoms with van der Waals surface area (Å²) < 4.78 is 5.28. The molecule has 0 radical (unpaired) electrons. The summed E-state index contributed by atoms with van der Waals surface area (Å²) in [7, 11) is 0. The standard InChI is InChI=1S/C9H19NO/c1-8(2)10-7-9-3-5-11-6-4-9/h8-10H,3-7H2,1-2H3. The molecule has 0 unspecified atom stereocenters. The van der Waals surface area contributed by atoms with E-state index in [1.54, 1.807) is 0 Å². The predicted molar refractivity (Wildman–Crippen MR) is 46.7 cm³/mol. The van der Waals surface area contributed by atoms with E-state index in [1.807, 2.05) is 0 Å². The number of hydrogen-bond acceptors (Lipinski definition) is 2. The maximum absolute atomic E-state index is 5.28. The maximum Gasteiger partial charge on any atom is 0.0469 e. The molecule has 1 saturated heterocycles. The van der Waals surface area contributed by atoms with Gasteiger partial charge in [-0.25, -0.2) is 0 Å². The molecule has 0 amide bonds. The lowest BCUT2D eigenvalue weighted by atomic mass is 10.0. The van der Waals surface area contributed by atoms with Gasteiger partial charge < -0.3 is 10.1 Å². The summed E-state index contributed by atoms with van der Waals surface area (Å²) in [6.07, 6.45) is 2.47. The van der Waals surface area contributed by atoms with Gasteiger partial charge in [0.05, 0.1) is 0 Å². The van der Waals surface area contributed by atoms with Crippen molar-refractivity contribution in [2.75, 3.05) is 19.8 Å². The minimum Gasteiger partial charge on any atom is -0.381 e. The molecule has 0 bridgehead atoms. The molecule has 0 aromatic rings. The Morgan fingerprint density at radius 1 is 1.36 bits per heavy atom. The van der Waals surface area contributed by atoms with Gasteiger partial charge in [-0.2, -0.15) is 0 Å². The largest absolute Gasteiger partial charge is 0.381 e. The van der Waals surface area contributed by atoms with Gasteiger partial charge in [0.15, 0.2) is 0 Å². The first-order valence-electron chi connectivity index (χ1n) is 4.60. The molecule has 0 saturated carbocycles. The Morgan fingerprint density at radius 2 is 2.00 bits per heavy atom. The number of nitrogens with one attached hydrogen (secondary N) is 1. The van der Waals surface area contributed by atoms with E-state index < -0.39 is 0 Å². The summed E-state index contributed by atoms with van der Waals surface area (Å²) in [6.45, 7) is 7.48. The van der Waals surface area contributed by atoms with Crippen molar-refractivity contribution in [3.05, 3.63) is 0 Å². The fourth-order valence-corrected chi connectivity index (χ4v) is 1.35. The molecular formula is C9H19NO. The average molecular weight is 157 g/mol. The van der Waals surface area contributed by atoms with Crippen LogP contribution in [-0.2, 0) is 4.74 Å². The summed E-state index contributed by atoms with van der Waals surface area (Å²) in [5.74, 6) is 0.853. The molecule has 11 heavy (non-hydrogen) atoms. The molecule has 66 valence electrons. The lowest BCUT2D eigenvalue weighted by Gasteiger charge is -2.23. The summed E-state index contributed by atoms with van der Waals surface area (Å²) in [6, 6.07) is 0.623. The van der Waals surface area contributed by atoms with Gasteiger partial charge in [0.2, 0.25) is 0 Å². The Labute approximate surface area is 69.3 Å². The number of rotatable bonds is 3. The second-order valence-electron chi connectivity index (χ2n) is 3.62. The number of hydrogen-bond donors (Lipinski definition) is 1. The van der Waals surface area contributed by atoms with Crippen molar-refractivity contribution >= 4 is 0 Å². The number of ether oxygens (including phenoxy) is 1. The first kappa shape index (κ1) is 9.01. The summed E-state index contributed by atoms with van der Waals surface area (Å²) in [4.78, 5) is 0. The zero-order valence-corrected chi connectivity index (χ0v) is 7.60. The Balaban J connectivity index is 2.05. The highest BCUT2D eigenvalue weighted by Gasteiger charge is 2.12. The average Bonchev–Trinajstić information content (AvgIpc) is 2.03. The molecule has 1 aliphatic rings. The van der Waals surface area contributed by atoms with Crippen molar-refractivity contribution in [1.29, 1.82) is 0 Å². The van der Waals surface area contributed by atoms with Crippen molar-refractivity contribution in [2.24, 2.45) is 5.92 Å². The van der Waals surface area contributed by atoms with Crippen LogP contribution in [0.3, 0.4) is 0 Å². The molecule has 0 aromatic heterocycles. The van der Waals surface area contributed by atoms with E-state index in [9.17, 15) is 0 Å². The van der Waals surface area contributed by atoms with Gasteiger partial charge >= 0.3 is 0 Å². The van der Waals surface area contributed by atoms with E-state index in [2.05, 4.69) is 19.2 Å². The van der Waals surface area contributed by atoms with E-state index in [1.165, 1.54) is 19.4 Å². The van der Waals surface area contributed by atoms with Gasteiger partial charge in [0.1, 0.15) is 0 Å². The van der Waals surface area contributed by atoms with E-state index in [-0.39, 0.29) is 0 Å². The molecule has 1 fully saturated rings. The first-order chi connectivity index (χ1) is 5.29. The lowest BCUT2D eigenvalue weighted by Crippen LogP contribution is -2.31. The van der Waals surface area contributed by atoms with Gasteiger partial charge in [-0.3, -0.25) is 0 Å². The summed E-state index contributed by atoms with van der Waals surface area (Å²) in [5.41, 5.74) is 0. The Kier molecular flexibility index (Phi) is 3.87. The van der Waals surface area contributed by atoms with E-state index in [4.69, 9.17) is 4.74 Å². The molecule has 0 aliphatic carbocycles. The SMILES string of the molecule is CC(C)NCC1CCOCC1. The van der Waals surface area contributed by atoms with Crippen LogP contribution in [-0.4, -0.2) is 25.8 Å². The van der Waals surface area contributed by atoms with Crippen molar-refractivity contribution in [3.8, 4) is 0 Å². The van der Waals surface area contributed by atoms with E-state index >= 15 is 0 Å². The van der Waals surface area contributed by atoms with Crippen molar-refractivity contribution < 1.29 is 4.74 Å².